The molecule has 4 aromatic rings. The predicted molar refractivity (Wildman–Crippen MR) is 215 cm³/mol. The Hall–Kier alpha value is -5.49. The number of nitrogens with zero attached hydrogens (tertiary/aromatic N) is 6. The molecule has 0 bridgehead atoms. The van der Waals surface area contributed by atoms with E-state index in [1.54, 1.807) is 77.2 Å². The van der Waals surface area contributed by atoms with Crippen LogP contribution >= 0.6 is 0 Å². The molecule has 0 amide bonds. The van der Waals surface area contributed by atoms with Crippen LogP contribution in [0.3, 0.4) is 0 Å². The summed E-state index contributed by atoms with van der Waals surface area (Å²) in [5.74, 6) is -1.42. The summed E-state index contributed by atoms with van der Waals surface area (Å²) < 4.78 is 5.17. The third-order valence-electron chi connectivity index (χ3n) is 10.2. The van der Waals surface area contributed by atoms with E-state index in [0.29, 0.717) is 87.2 Å². The summed E-state index contributed by atoms with van der Waals surface area (Å²) in [7, 11) is 6.22. The molecule has 310 valence electrons. The number of rotatable bonds is 22. The number of carbonyl (C=O) groups excluding carboxylic acids is 1. The summed E-state index contributed by atoms with van der Waals surface area (Å²) in [6.07, 6.45) is 8.57. The first kappa shape index (κ1) is 44.2. The highest BCUT2D eigenvalue weighted by molar-refractivity contribution is 5.81. The number of ketones is 1. The highest BCUT2D eigenvalue weighted by Crippen LogP contribution is 2.20. The lowest BCUT2D eigenvalue weighted by atomic mass is 10.0. The fourth-order valence-electron chi connectivity index (χ4n) is 6.66. The fourth-order valence-corrected chi connectivity index (χ4v) is 6.66. The lowest BCUT2D eigenvalue weighted by Crippen LogP contribution is -2.42. The van der Waals surface area contributed by atoms with Gasteiger partial charge in [-0.2, -0.15) is 0 Å². The van der Waals surface area contributed by atoms with Crippen molar-refractivity contribution in [1.82, 2.24) is 38.7 Å². The maximum Gasteiger partial charge on any atom is 0.292 e. The van der Waals surface area contributed by atoms with Gasteiger partial charge in [-0.05, 0) is 83.1 Å². The first-order chi connectivity index (χ1) is 27.1. The third-order valence-corrected chi connectivity index (χ3v) is 10.2. The zero-order valence-electron chi connectivity index (χ0n) is 33.4. The minimum absolute atomic E-state index is 0.0877. The monoisotopic (exact) mass is 792 g/mol. The van der Waals surface area contributed by atoms with Crippen LogP contribution < -0.4 is 32.9 Å². The normalized spacial score (nSPS) is 12.1. The van der Waals surface area contributed by atoms with Crippen LogP contribution in [0.2, 0.25) is 0 Å². The van der Waals surface area contributed by atoms with Crippen molar-refractivity contribution in [3.8, 4) is 23.0 Å². The molecule has 0 aliphatic carbocycles. The van der Waals surface area contributed by atoms with Crippen molar-refractivity contribution >= 4 is 5.78 Å². The number of pyridine rings is 4. The molecule has 6 N–H and O–H groups in total. The Morgan fingerprint density at radius 3 is 1.39 bits per heavy atom. The van der Waals surface area contributed by atoms with E-state index in [9.17, 15) is 44.4 Å². The summed E-state index contributed by atoms with van der Waals surface area (Å²) >= 11 is 0. The molecule has 0 saturated heterocycles. The van der Waals surface area contributed by atoms with Gasteiger partial charge in [0.1, 0.15) is 5.78 Å². The number of nitrogens with one attached hydrogen (secondary N) is 2. The van der Waals surface area contributed by atoms with Gasteiger partial charge in [-0.1, -0.05) is 0 Å². The largest absolute Gasteiger partial charge is 0.503 e. The maximum atomic E-state index is 13.3. The van der Waals surface area contributed by atoms with Crippen molar-refractivity contribution < 1.29 is 25.2 Å². The Labute approximate surface area is 330 Å². The van der Waals surface area contributed by atoms with Crippen LogP contribution in [-0.4, -0.2) is 93.0 Å². The Morgan fingerprint density at radius 2 is 0.947 bits per heavy atom. The minimum Gasteiger partial charge on any atom is -0.503 e. The van der Waals surface area contributed by atoms with Gasteiger partial charge in [-0.15, -0.1) is 0 Å². The molecular weight excluding hydrogens is 736 g/mol. The van der Waals surface area contributed by atoms with Crippen LogP contribution in [-0.2, 0) is 59.2 Å². The minimum atomic E-state index is -0.568. The third kappa shape index (κ3) is 11.8. The van der Waals surface area contributed by atoms with Gasteiger partial charge in [0.15, 0.2) is 23.0 Å². The number of hydrogen-bond acceptors (Lipinski definition) is 13. The molecule has 0 aliphatic rings. The molecule has 0 aromatic carbocycles. The molecule has 0 fully saturated rings. The first-order valence-electron chi connectivity index (χ1n) is 19.0. The van der Waals surface area contributed by atoms with E-state index in [1.807, 2.05) is 4.90 Å². The Bertz CT molecular complexity index is 2240. The van der Waals surface area contributed by atoms with E-state index in [-0.39, 0.29) is 48.4 Å². The van der Waals surface area contributed by atoms with E-state index in [1.165, 1.54) is 25.2 Å². The standard InChI is InChI=1S/C40H56N8O9/c1-27(49)32(48(26-31-13-22-46(5)40(57)36(31)53)18-8-15-42-24-29-11-20-44(3)38(55)34(29)51)9-6-16-47(25-30-12-21-45(4)39(56)35(30)52)17-7-14-41-23-28-10-19-43(2)37(54)33(28)50/h10-13,19-22,32,41-42,50-53H,6-9,14-18,23-26H2,1-5H3. The number of aromatic nitrogens is 4. The summed E-state index contributed by atoms with van der Waals surface area (Å²) in [4.78, 5) is 66.6. The number of Topliss-reactive ketones (excluding diaryl/α,β-unsaturated/α-hetero) is 1. The van der Waals surface area contributed by atoms with E-state index >= 15 is 0 Å². The molecule has 4 rings (SSSR count). The molecule has 17 nitrogen and oxygen atoms in total. The molecule has 4 aromatic heterocycles. The van der Waals surface area contributed by atoms with Gasteiger partial charge in [-0.25, -0.2) is 0 Å². The molecule has 1 unspecified atom stereocenters. The molecule has 0 saturated carbocycles. The first-order valence-corrected chi connectivity index (χ1v) is 19.0. The smallest absolute Gasteiger partial charge is 0.292 e. The number of carbonyl (C=O) groups is 1. The van der Waals surface area contributed by atoms with Crippen LogP contribution in [0, 0.1) is 0 Å². The van der Waals surface area contributed by atoms with Crippen LogP contribution in [0.4, 0.5) is 0 Å². The topological polar surface area (TPSA) is 217 Å². The lowest BCUT2D eigenvalue weighted by molar-refractivity contribution is -0.122. The van der Waals surface area contributed by atoms with Crippen molar-refractivity contribution in [3.63, 3.8) is 0 Å². The molecule has 0 radical (unpaired) electrons. The molecule has 1 atom stereocenters. The highest BCUT2D eigenvalue weighted by atomic mass is 16.3. The van der Waals surface area contributed by atoms with Crippen molar-refractivity contribution in [3.05, 3.63) is 113 Å². The zero-order chi connectivity index (χ0) is 41.8. The number of aryl methyl sites for hydroxylation is 4. The second-order valence-electron chi connectivity index (χ2n) is 14.5. The second-order valence-corrected chi connectivity index (χ2v) is 14.5. The summed E-state index contributed by atoms with van der Waals surface area (Å²) in [5, 5.41) is 48.4. The van der Waals surface area contributed by atoms with E-state index in [4.69, 9.17) is 0 Å². The quantitative estimate of drug-likeness (QED) is 0.0606. The Kier molecular flexibility index (Phi) is 16.0. The van der Waals surface area contributed by atoms with Crippen molar-refractivity contribution in [1.29, 1.82) is 0 Å². The number of hydrogen-bond donors (Lipinski definition) is 6. The molecule has 0 spiro atoms. The maximum absolute atomic E-state index is 13.3. The predicted octanol–water partition coefficient (Wildman–Crippen LogP) is 0.706. The van der Waals surface area contributed by atoms with Crippen molar-refractivity contribution in [2.75, 3.05) is 32.7 Å². The van der Waals surface area contributed by atoms with Gasteiger partial charge in [0.25, 0.3) is 22.2 Å². The van der Waals surface area contributed by atoms with E-state index in [0.717, 1.165) is 0 Å². The molecular formula is C40H56N8O9. The Balaban J connectivity index is 1.45. The average molecular weight is 793 g/mol. The molecule has 17 heteroatoms. The van der Waals surface area contributed by atoms with Gasteiger partial charge >= 0.3 is 0 Å². The van der Waals surface area contributed by atoms with Gasteiger partial charge in [-0.3, -0.25) is 33.8 Å². The van der Waals surface area contributed by atoms with E-state index < -0.39 is 28.3 Å². The van der Waals surface area contributed by atoms with Gasteiger partial charge < -0.3 is 49.3 Å². The average Bonchev–Trinajstić information content (AvgIpc) is 3.18. The zero-order valence-corrected chi connectivity index (χ0v) is 33.4. The molecule has 4 heterocycles. The van der Waals surface area contributed by atoms with Crippen molar-refractivity contribution in [2.45, 2.75) is 64.8 Å². The highest BCUT2D eigenvalue weighted by Gasteiger charge is 2.25. The molecule has 57 heavy (non-hydrogen) atoms. The lowest BCUT2D eigenvalue weighted by Gasteiger charge is -2.31. The molecule has 0 aliphatic heterocycles. The SMILES string of the molecule is CC(=O)C(CCCN(CCCNCc1ccn(C)c(=O)c1O)Cc1ccn(C)c(=O)c1O)N(CCCNCc1ccn(C)c(=O)c1O)Cc1ccn(C)c(=O)c1O. The Morgan fingerprint density at radius 1 is 0.579 bits per heavy atom. The van der Waals surface area contributed by atoms with Crippen LogP contribution in [0.25, 0.3) is 0 Å². The van der Waals surface area contributed by atoms with Gasteiger partial charge in [0.05, 0.1) is 6.04 Å². The van der Waals surface area contributed by atoms with Gasteiger partial charge in [0, 0.05) is 108 Å². The fraction of sp³-hybridized carbons (Fsp3) is 0.475. The van der Waals surface area contributed by atoms with Crippen LogP contribution in [0.1, 0.15) is 54.9 Å². The summed E-state index contributed by atoms with van der Waals surface area (Å²) in [6.45, 7) is 5.02. The van der Waals surface area contributed by atoms with Crippen LogP contribution in [0.15, 0.2) is 68.2 Å². The second kappa shape index (κ2) is 20.6. The number of aromatic hydroxyl groups is 4. The van der Waals surface area contributed by atoms with E-state index in [2.05, 4.69) is 15.5 Å². The summed E-state index contributed by atoms with van der Waals surface area (Å²) in [5.41, 5.74) is -0.199. The van der Waals surface area contributed by atoms with Gasteiger partial charge in [0.2, 0.25) is 0 Å². The van der Waals surface area contributed by atoms with Crippen LogP contribution in [0.5, 0.6) is 23.0 Å². The summed E-state index contributed by atoms with van der Waals surface area (Å²) in [6, 6.07) is 6.13. The van der Waals surface area contributed by atoms with Crippen molar-refractivity contribution in [2.24, 2.45) is 28.2 Å².